The van der Waals surface area contributed by atoms with Crippen LogP contribution >= 0.6 is 11.6 Å². The number of ketones is 1. The number of hydrogen-bond acceptors (Lipinski definition) is 4. The van der Waals surface area contributed by atoms with Crippen molar-refractivity contribution < 1.29 is 9.59 Å². The van der Waals surface area contributed by atoms with Crippen molar-refractivity contribution in [3.8, 4) is 0 Å². The van der Waals surface area contributed by atoms with Crippen LogP contribution in [0.2, 0.25) is 0 Å². The fourth-order valence-corrected chi connectivity index (χ4v) is 5.31. The van der Waals surface area contributed by atoms with Gasteiger partial charge in [-0.2, -0.15) is 0 Å². The van der Waals surface area contributed by atoms with Crippen LogP contribution in [0.4, 0.5) is 0 Å². The molecule has 2 N–H and O–H groups in total. The first-order valence-corrected chi connectivity index (χ1v) is 10.4. The number of nitrogens with one attached hydrogen (secondary N) is 2. The quantitative estimate of drug-likeness (QED) is 0.591. The first-order chi connectivity index (χ1) is 12.0. The Morgan fingerprint density at radius 3 is 2.44 bits per heavy atom. The minimum absolute atomic E-state index is 0.00214. The van der Waals surface area contributed by atoms with Gasteiger partial charge in [-0.15, -0.1) is 11.6 Å². The molecule has 0 radical (unpaired) electrons. The summed E-state index contributed by atoms with van der Waals surface area (Å²) in [5.74, 6) is -0.980. The van der Waals surface area contributed by atoms with Gasteiger partial charge in [-0.3, -0.25) is 15.0 Å². The number of alkyl halides is 1. The highest BCUT2D eigenvalue weighted by atomic mass is 35.5. The summed E-state index contributed by atoms with van der Waals surface area (Å²) in [4.78, 5) is 25.4. The number of hydrogen-bond donors (Lipinski definition) is 2. The van der Waals surface area contributed by atoms with E-state index in [1.165, 1.54) is 32.1 Å². The molecule has 0 aromatic carbocycles. The van der Waals surface area contributed by atoms with E-state index < -0.39 is 5.91 Å². The minimum Gasteiger partial charge on any atom is -0.347 e. The molecule has 1 aliphatic heterocycles. The van der Waals surface area contributed by atoms with Crippen LogP contribution in [0, 0.1) is 5.92 Å². The summed E-state index contributed by atoms with van der Waals surface area (Å²) in [5.41, 5.74) is 3.48. The molecule has 3 rings (SSSR count). The molecule has 0 aromatic heterocycles. The lowest BCUT2D eigenvalue weighted by molar-refractivity contribution is -0.141. The zero-order valence-corrected chi connectivity index (χ0v) is 16.2. The zero-order chi connectivity index (χ0) is 18.0. The molecule has 0 bridgehead atoms. The summed E-state index contributed by atoms with van der Waals surface area (Å²) in [6.07, 6.45) is 9.87. The highest BCUT2D eigenvalue weighted by molar-refractivity contribution is 6.37. The Bertz CT molecular complexity index is 495. The number of hydrazine groups is 1. The topological polar surface area (TPSA) is 61.4 Å². The van der Waals surface area contributed by atoms with Crippen molar-refractivity contribution in [2.24, 2.45) is 5.92 Å². The molecule has 2 aliphatic carbocycles. The Balaban J connectivity index is 1.59. The first kappa shape index (κ1) is 19.1. The van der Waals surface area contributed by atoms with Gasteiger partial charge in [0.05, 0.1) is 5.92 Å². The van der Waals surface area contributed by atoms with Gasteiger partial charge in [-0.05, 0) is 52.4 Å². The van der Waals surface area contributed by atoms with Crippen LogP contribution in [0.15, 0.2) is 0 Å². The number of Topliss-reactive ketones (excluding diaryl/α,β-unsaturated/α-hetero) is 1. The summed E-state index contributed by atoms with van der Waals surface area (Å²) in [6.45, 7) is 4.10. The maximum atomic E-state index is 12.8. The zero-order valence-electron chi connectivity index (χ0n) is 15.5. The first-order valence-electron chi connectivity index (χ1n) is 10.0. The van der Waals surface area contributed by atoms with Crippen molar-refractivity contribution in [2.45, 2.75) is 101 Å². The standard InChI is InChI=1S/C19H32ClN3O2/c1-12-17(13(2)23(22-12)16-9-4-3-5-10-16)18(24)19(25)21-15-8-6-7-14(20)11-15/h12-17,22H,3-11H2,1-2H3,(H,21,25). The maximum Gasteiger partial charge on any atom is 0.288 e. The highest BCUT2D eigenvalue weighted by Gasteiger charge is 2.45. The van der Waals surface area contributed by atoms with Crippen LogP contribution in [0.3, 0.4) is 0 Å². The predicted molar refractivity (Wildman–Crippen MR) is 99.3 cm³/mol. The van der Waals surface area contributed by atoms with Crippen LogP contribution in [-0.4, -0.2) is 46.2 Å². The number of amides is 1. The number of halogens is 1. The Morgan fingerprint density at radius 1 is 1.04 bits per heavy atom. The lowest BCUT2D eigenvalue weighted by atomic mass is 9.88. The van der Waals surface area contributed by atoms with Crippen molar-refractivity contribution in [1.82, 2.24) is 15.8 Å². The third kappa shape index (κ3) is 4.37. The van der Waals surface area contributed by atoms with Crippen molar-refractivity contribution in [3.05, 3.63) is 0 Å². The molecular weight excluding hydrogens is 338 g/mol. The molecule has 0 aromatic rings. The van der Waals surface area contributed by atoms with Crippen LogP contribution in [-0.2, 0) is 9.59 Å². The van der Waals surface area contributed by atoms with Gasteiger partial charge in [-0.25, -0.2) is 5.01 Å². The average Bonchev–Trinajstić information content (AvgIpc) is 2.89. The Hall–Kier alpha value is -0.650. The lowest BCUT2D eigenvalue weighted by Gasteiger charge is -2.34. The monoisotopic (exact) mass is 369 g/mol. The van der Waals surface area contributed by atoms with Gasteiger partial charge in [0.15, 0.2) is 0 Å². The van der Waals surface area contributed by atoms with Gasteiger partial charge >= 0.3 is 0 Å². The summed E-state index contributed by atoms with van der Waals surface area (Å²) >= 11 is 6.20. The molecule has 3 aliphatic rings. The SMILES string of the molecule is CC1NN(C2CCCCC2)C(C)C1C(=O)C(=O)NC1CCCC(Cl)C1. The molecule has 1 heterocycles. The fraction of sp³-hybridized carbons (Fsp3) is 0.895. The third-order valence-electron chi connectivity index (χ3n) is 6.29. The van der Waals surface area contributed by atoms with E-state index in [2.05, 4.69) is 22.7 Å². The van der Waals surface area contributed by atoms with Crippen LogP contribution in [0.25, 0.3) is 0 Å². The van der Waals surface area contributed by atoms with Crippen molar-refractivity contribution in [3.63, 3.8) is 0 Å². The van der Waals surface area contributed by atoms with E-state index in [-0.39, 0.29) is 35.2 Å². The van der Waals surface area contributed by atoms with Gasteiger partial charge in [0.1, 0.15) is 0 Å². The molecule has 6 heteroatoms. The molecule has 142 valence electrons. The van der Waals surface area contributed by atoms with E-state index in [4.69, 9.17) is 11.6 Å². The maximum absolute atomic E-state index is 12.8. The Morgan fingerprint density at radius 2 is 1.76 bits per heavy atom. The normalized spacial score (nSPS) is 37.8. The van der Waals surface area contributed by atoms with Gasteiger partial charge in [0, 0.05) is 29.5 Å². The van der Waals surface area contributed by atoms with E-state index in [1.807, 2.05) is 6.92 Å². The van der Waals surface area contributed by atoms with E-state index in [0.29, 0.717) is 6.04 Å². The molecule has 2 saturated carbocycles. The number of carbonyl (C=O) groups excluding carboxylic acids is 2. The van der Waals surface area contributed by atoms with Gasteiger partial charge in [0.2, 0.25) is 5.78 Å². The van der Waals surface area contributed by atoms with E-state index in [9.17, 15) is 9.59 Å². The summed E-state index contributed by atoms with van der Waals surface area (Å²) in [6, 6.07) is 0.593. The molecular formula is C19H32ClN3O2. The molecule has 1 amide bonds. The summed E-state index contributed by atoms with van der Waals surface area (Å²) < 4.78 is 0. The Labute approximate surface area is 156 Å². The van der Waals surface area contributed by atoms with E-state index in [1.54, 1.807) is 0 Å². The third-order valence-corrected chi connectivity index (χ3v) is 6.69. The largest absolute Gasteiger partial charge is 0.347 e. The summed E-state index contributed by atoms with van der Waals surface area (Å²) in [7, 11) is 0. The second-order valence-electron chi connectivity index (χ2n) is 8.18. The highest BCUT2D eigenvalue weighted by Crippen LogP contribution is 2.31. The van der Waals surface area contributed by atoms with Gasteiger partial charge in [-0.1, -0.05) is 19.3 Å². The smallest absolute Gasteiger partial charge is 0.288 e. The molecule has 0 spiro atoms. The molecule has 3 fully saturated rings. The molecule has 5 unspecified atom stereocenters. The molecule has 1 saturated heterocycles. The van der Waals surface area contributed by atoms with Crippen LogP contribution < -0.4 is 10.7 Å². The number of rotatable bonds is 4. The van der Waals surface area contributed by atoms with Crippen LogP contribution in [0.1, 0.15) is 71.6 Å². The average molecular weight is 370 g/mol. The van der Waals surface area contributed by atoms with Crippen molar-refractivity contribution in [2.75, 3.05) is 0 Å². The molecule has 25 heavy (non-hydrogen) atoms. The minimum atomic E-state index is -0.424. The second-order valence-corrected chi connectivity index (χ2v) is 8.80. The van der Waals surface area contributed by atoms with Gasteiger partial charge < -0.3 is 5.32 Å². The molecule has 5 atom stereocenters. The predicted octanol–water partition coefficient (Wildman–Crippen LogP) is 2.77. The van der Waals surface area contributed by atoms with Gasteiger partial charge in [0.25, 0.3) is 5.91 Å². The van der Waals surface area contributed by atoms with E-state index >= 15 is 0 Å². The number of nitrogens with zero attached hydrogens (tertiary/aromatic N) is 1. The lowest BCUT2D eigenvalue weighted by Crippen LogP contribution is -2.48. The van der Waals surface area contributed by atoms with Crippen molar-refractivity contribution >= 4 is 23.3 Å². The number of carbonyl (C=O) groups is 2. The van der Waals surface area contributed by atoms with Crippen LogP contribution in [0.5, 0.6) is 0 Å². The Kier molecular flexibility index (Phi) is 6.39. The second kappa shape index (κ2) is 8.36. The molecule has 5 nitrogen and oxygen atoms in total. The summed E-state index contributed by atoms with van der Waals surface area (Å²) in [5, 5.41) is 5.31. The van der Waals surface area contributed by atoms with Crippen molar-refractivity contribution in [1.29, 1.82) is 0 Å². The van der Waals surface area contributed by atoms with E-state index in [0.717, 1.165) is 25.7 Å². The fourth-order valence-electron chi connectivity index (χ4n) is 4.94.